The van der Waals surface area contributed by atoms with Gasteiger partial charge in [-0.25, -0.2) is 9.82 Å². The summed E-state index contributed by atoms with van der Waals surface area (Å²) in [6.07, 6.45) is 1.52. The van der Waals surface area contributed by atoms with Crippen molar-refractivity contribution in [1.29, 1.82) is 0 Å². The smallest absolute Gasteiger partial charge is 0.271 e. The molecule has 6 nitrogen and oxygen atoms in total. The average molecular weight is 577 g/mol. The van der Waals surface area contributed by atoms with Crippen molar-refractivity contribution in [2.24, 2.45) is 5.10 Å². The van der Waals surface area contributed by atoms with Crippen molar-refractivity contribution in [2.75, 3.05) is 6.61 Å². The van der Waals surface area contributed by atoms with Crippen molar-refractivity contribution in [3.63, 3.8) is 0 Å². The molecule has 0 saturated carbocycles. The fourth-order valence-electron chi connectivity index (χ4n) is 3.49. The van der Waals surface area contributed by atoms with E-state index in [1.54, 1.807) is 54.6 Å². The van der Waals surface area contributed by atoms with E-state index in [9.17, 15) is 9.18 Å². The largest absolute Gasteiger partial charge is 0.490 e. The third-order valence-electron chi connectivity index (χ3n) is 5.42. The molecule has 0 fully saturated rings. The van der Waals surface area contributed by atoms with Crippen molar-refractivity contribution in [3.05, 3.63) is 124 Å². The Morgan fingerprint density at radius 2 is 1.61 bits per heavy atom. The summed E-state index contributed by atoms with van der Waals surface area (Å²) in [6.45, 7) is 2.79. The van der Waals surface area contributed by atoms with Crippen molar-refractivity contribution in [1.82, 2.24) is 5.43 Å². The SMILES string of the molecule is CCOc1cc(C(=O)N/N=C/c2ccc(OCc3ccccc3F)c(Br)c2)ccc1OCc1ccccc1. The number of halogens is 2. The lowest BCUT2D eigenvalue weighted by Gasteiger charge is -2.13. The summed E-state index contributed by atoms with van der Waals surface area (Å²) in [4.78, 5) is 12.7. The van der Waals surface area contributed by atoms with Gasteiger partial charge in [0.2, 0.25) is 0 Å². The summed E-state index contributed by atoms with van der Waals surface area (Å²) in [6, 6.07) is 26.6. The number of hydrogen-bond acceptors (Lipinski definition) is 5. The Labute approximate surface area is 229 Å². The van der Waals surface area contributed by atoms with Crippen molar-refractivity contribution >= 4 is 28.1 Å². The molecule has 0 aromatic heterocycles. The Hall–Kier alpha value is -4.17. The van der Waals surface area contributed by atoms with Crippen LogP contribution in [0.4, 0.5) is 4.39 Å². The normalized spacial score (nSPS) is 10.8. The molecular weight excluding hydrogens is 551 g/mol. The van der Waals surface area contributed by atoms with Crippen LogP contribution in [0.5, 0.6) is 17.2 Å². The van der Waals surface area contributed by atoms with Crippen LogP contribution in [0, 0.1) is 5.82 Å². The quantitative estimate of drug-likeness (QED) is 0.155. The molecule has 4 rings (SSSR count). The summed E-state index contributed by atoms with van der Waals surface area (Å²) in [5, 5.41) is 4.06. The van der Waals surface area contributed by atoms with Gasteiger partial charge >= 0.3 is 0 Å². The van der Waals surface area contributed by atoms with Gasteiger partial charge in [0.25, 0.3) is 5.91 Å². The number of nitrogens with one attached hydrogen (secondary N) is 1. The van der Waals surface area contributed by atoms with E-state index in [4.69, 9.17) is 14.2 Å². The highest BCUT2D eigenvalue weighted by molar-refractivity contribution is 9.10. The summed E-state index contributed by atoms with van der Waals surface area (Å²) in [5.41, 5.74) is 5.14. The van der Waals surface area contributed by atoms with Crippen molar-refractivity contribution in [3.8, 4) is 17.2 Å². The van der Waals surface area contributed by atoms with E-state index in [0.29, 0.717) is 46.1 Å². The number of hydrazone groups is 1. The van der Waals surface area contributed by atoms with Gasteiger partial charge in [-0.05, 0) is 76.4 Å². The Kier molecular flexibility index (Phi) is 9.48. The van der Waals surface area contributed by atoms with Crippen molar-refractivity contribution in [2.45, 2.75) is 20.1 Å². The molecule has 0 bridgehead atoms. The van der Waals surface area contributed by atoms with Crippen LogP contribution >= 0.6 is 15.9 Å². The third-order valence-corrected chi connectivity index (χ3v) is 6.04. The van der Waals surface area contributed by atoms with Crippen molar-refractivity contribution < 1.29 is 23.4 Å². The molecule has 1 amide bonds. The number of carbonyl (C=O) groups excluding carboxylic acids is 1. The number of carbonyl (C=O) groups is 1. The molecule has 0 radical (unpaired) electrons. The maximum atomic E-state index is 13.8. The molecule has 38 heavy (non-hydrogen) atoms. The lowest BCUT2D eigenvalue weighted by Crippen LogP contribution is -2.17. The van der Waals surface area contributed by atoms with E-state index in [-0.39, 0.29) is 18.3 Å². The van der Waals surface area contributed by atoms with E-state index in [1.165, 1.54) is 12.3 Å². The van der Waals surface area contributed by atoms with Crippen LogP contribution in [0.1, 0.15) is 34.0 Å². The van der Waals surface area contributed by atoms with E-state index < -0.39 is 0 Å². The predicted octanol–water partition coefficient (Wildman–Crippen LogP) is 6.91. The van der Waals surface area contributed by atoms with E-state index >= 15 is 0 Å². The molecule has 0 aliphatic rings. The molecule has 0 unspecified atom stereocenters. The van der Waals surface area contributed by atoms with E-state index in [1.807, 2.05) is 37.3 Å². The van der Waals surface area contributed by atoms with Gasteiger partial charge in [-0.2, -0.15) is 5.10 Å². The molecule has 194 valence electrons. The zero-order chi connectivity index (χ0) is 26.7. The minimum atomic E-state index is -0.388. The fraction of sp³-hybridized carbons (Fsp3) is 0.133. The van der Waals surface area contributed by atoms with Gasteiger partial charge in [0.15, 0.2) is 11.5 Å². The molecule has 4 aromatic carbocycles. The molecule has 1 N–H and O–H groups in total. The van der Waals surface area contributed by atoms with Gasteiger partial charge in [0.1, 0.15) is 24.8 Å². The molecule has 0 atom stereocenters. The number of nitrogens with zero attached hydrogens (tertiary/aromatic N) is 1. The number of amides is 1. The lowest BCUT2D eigenvalue weighted by molar-refractivity contribution is 0.0954. The second kappa shape index (κ2) is 13.4. The average Bonchev–Trinajstić information content (AvgIpc) is 2.93. The van der Waals surface area contributed by atoms with Gasteiger partial charge < -0.3 is 14.2 Å². The first-order chi connectivity index (χ1) is 18.5. The van der Waals surface area contributed by atoms with Crippen LogP contribution in [-0.4, -0.2) is 18.7 Å². The van der Waals surface area contributed by atoms with Gasteiger partial charge in [0.05, 0.1) is 17.3 Å². The maximum Gasteiger partial charge on any atom is 0.271 e. The Morgan fingerprint density at radius 1 is 0.868 bits per heavy atom. The van der Waals surface area contributed by atoms with Gasteiger partial charge in [-0.1, -0.05) is 48.5 Å². The number of hydrogen-bond donors (Lipinski definition) is 1. The summed E-state index contributed by atoms with van der Waals surface area (Å²) in [5.74, 6) is 0.895. The topological polar surface area (TPSA) is 69.2 Å². The molecular formula is C30H26BrFN2O4. The number of benzene rings is 4. The minimum absolute atomic E-state index is 0.106. The second-order valence-electron chi connectivity index (χ2n) is 8.14. The van der Waals surface area contributed by atoms with E-state index in [0.717, 1.165) is 11.1 Å². The Morgan fingerprint density at radius 3 is 2.37 bits per heavy atom. The number of ether oxygens (including phenoxy) is 3. The maximum absolute atomic E-state index is 13.8. The molecule has 0 aliphatic carbocycles. The lowest BCUT2D eigenvalue weighted by atomic mass is 10.2. The molecule has 0 spiro atoms. The molecule has 0 aliphatic heterocycles. The highest BCUT2D eigenvalue weighted by atomic mass is 79.9. The first kappa shape index (κ1) is 26.9. The molecule has 0 saturated heterocycles. The predicted molar refractivity (Wildman–Crippen MR) is 148 cm³/mol. The van der Waals surface area contributed by atoms with Crippen LogP contribution in [-0.2, 0) is 13.2 Å². The van der Waals surface area contributed by atoms with Crippen LogP contribution in [0.25, 0.3) is 0 Å². The zero-order valence-electron chi connectivity index (χ0n) is 20.7. The standard InChI is InChI=1S/C30H26BrFN2O4/c1-2-36-29-17-23(13-15-28(29)37-19-21-8-4-3-5-9-21)30(35)34-33-18-22-12-14-27(25(31)16-22)38-20-24-10-6-7-11-26(24)32/h3-18H,2,19-20H2,1H3,(H,34,35)/b33-18+. The second-order valence-corrected chi connectivity index (χ2v) is 8.99. The van der Waals surface area contributed by atoms with Gasteiger partial charge in [0, 0.05) is 11.1 Å². The Bertz CT molecular complexity index is 1410. The molecule has 0 heterocycles. The summed E-state index contributed by atoms with van der Waals surface area (Å²) >= 11 is 3.46. The summed E-state index contributed by atoms with van der Waals surface area (Å²) in [7, 11) is 0. The van der Waals surface area contributed by atoms with Crippen LogP contribution < -0.4 is 19.6 Å². The van der Waals surface area contributed by atoms with Crippen LogP contribution in [0.3, 0.4) is 0 Å². The van der Waals surface area contributed by atoms with Gasteiger partial charge in [-0.3, -0.25) is 4.79 Å². The van der Waals surface area contributed by atoms with E-state index in [2.05, 4.69) is 26.5 Å². The Balaban J connectivity index is 1.35. The number of rotatable bonds is 11. The molecule has 8 heteroatoms. The fourth-order valence-corrected chi connectivity index (χ4v) is 4.00. The first-order valence-corrected chi connectivity index (χ1v) is 12.8. The van der Waals surface area contributed by atoms with Crippen LogP contribution in [0.2, 0.25) is 0 Å². The third kappa shape index (κ3) is 7.43. The molecule has 4 aromatic rings. The summed E-state index contributed by atoms with van der Waals surface area (Å²) < 4.78 is 31.8. The highest BCUT2D eigenvalue weighted by Gasteiger charge is 2.12. The highest BCUT2D eigenvalue weighted by Crippen LogP contribution is 2.30. The monoisotopic (exact) mass is 576 g/mol. The zero-order valence-corrected chi connectivity index (χ0v) is 22.3. The van der Waals surface area contributed by atoms with Gasteiger partial charge in [-0.15, -0.1) is 0 Å². The minimum Gasteiger partial charge on any atom is -0.490 e. The first-order valence-electron chi connectivity index (χ1n) is 12.0. The van der Waals surface area contributed by atoms with Crippen LogP contribution in [0.15, 0.2) is 101 Å².